The van der Waals surface area contributed by atoms with E-state index in [0.717, 1.165) is 25.4 Å². The molecule has 0 bridgehead atoms. The van der Waals surface area contributed by atoms with Crippen LogP contribution in [0.1, 0.15) is 32.1 Å². The van der Waals surface area contributed by atoms with Gasteiger partial charge in [-0.25, -0.2) is 0 Å². The first-order chi connectivity index (χ1) is 9.72. The van der Waals surface area contributed by atoms with Crippen LogP contribution in [-0.2, 0) is 0 Å². The summed E-state index contributed by atoms with van der Waals surface area (Å²) in [6.45, 7) is 3.31. The summed E-state index contributed by atoms with van der Waals surface area (Å²) in [7, 11) is 1.66. The molecule has 1 aromatic rings. The zero-order chi connectivity index (χ0) is 14.0. The van der Waals surface area contributed by atoms with Gasteiger partial charge in [0.05, 0.1) is 12.1 Å². The van der Waals surface area contributed by atoms with Gasteiger partial charge in [0, 0.05) is 24.3 Å². The zero-order valence-corrected chi connectivity index (χ0v) is 12.9. The Balaban J connectivity index is 1.82. The quantitative estimate of drug-likeness (QED) is 0.904. The standard InChI is InChI=1S/C16H23ClN2O/c1-20-15-6-5-13(11-14(15)17)19-10-4-9-18-16(12-19)7-2-3-8-16/h5-6,11,18H,2-4,7-10,12H2,1H3. The van der Waals surface area contributed by atoms with Gasteiger partial charge < -0.3 is 15.0 Å². The van der Waals surface area contributed by atoms with Crippen LogP contribution >= 0.6 is 11.6 Å². The fraction of sp³-hybridized carbons (Fsp3) is 0.625. The van der Waals surface area contributed by atoms with Gasteiger partial charge in [-0.15, -0.1) is 0 Å². The van der Waals surface area contributed by atoms with E-state index in [1.807, 2.05) is 12.1 Å². The molecule has 0 aromatic heterocycles. The van der Waals surface area contributed by atoms with Crippen molar-refractivity contribution in [2.45, 2.75) is 37.6 Å². The van der Waals surface area contributed by atoms with Crippen molar-refractivity contribution in [2.75, 3.05) is 31.6 Å². The molecular weight excluding hydrogens is 272 g/mol. The largest absolute Gasteiger partial charge is 0.495 e. The molecule has 1 spiro atoms. The van der Waals surface area contributed by atoms with E-state index in [1.165, 1.54) is 37.8 Å². The summed E-state index contributed by atoms with van der Waals surface area (Å²) in [6, 6.07) is 6.13. The molecule has 0 unspecified atom stereocenters. The number of rotatable bonds is 2. The van der Waals surface area contributed by atoms with Gasteiger partial charge in [-0.2, -0.15) is 0 Å². The molecule has 1 aromatic carbocycles. The molecule has 0 radical (unpaired) electrons. The van der Waals surface area contributed by atoms with Crippen molar-refractivity contribution in [3.8, 4) is 5.75 Å². The predicted octanol–water partition coefficient (Wildman–Crippen LogP) is 3.46. The van der Waals surface area contributed by atoms with Crippen LogP contribution < -0.4 is 15.0 Å². The van der Waals surface area contributed by atoms with Crippen LogP contribution in [0.4, 0.5) is 5.69 Å². The van der Waals surface area contributed by atoms with Crippen LogP contribution in [0, 0.1) is 0 Å². The fourth-order valence-corrected chi connectivity index (χ4v) is 3.83. The first-order valence-electron chi connectivity index (χ1n) is 7.56. The lowest BCUT2D eigenvalue weighted by Gasteiger charge is -2.34. The number of methoxy groups -OCH3 is 1. The summed E-state index contributed by atoms with van der Waals surface area (Å²) < 4.78 is 5.24. The van der Waals surface area contributed by atoms with E-state index in [-0.39, 0.29) is 0 Å². The molecule has 2 fully saturated rings. The molecule has 20 heavy (non-hydrogen) atoms. The van der Waals surface area contributed by atoms with Crippen molar-refractivity contribution < 1.29 is 4.74 Å². The molecule has 1 saturated heterocycles. The lowest BCUT2D eigenvalue weighted by molar-refractivity contribution is 0.354. The van der Waals surface area contributed by atoms with Gasteiger partial charge in [0.25, 0.3) is 0 Å². The number of ether oxygens (including phenoxy) is 1. The smallest absolute Gasteiger partial charge is 0.137 e. The average molecular weight is 295 g/mol. The van der Waals surface area contributed by atoms with E-state index < -0.39 is 0 Å². The Morgan fingerprint density at radius 1 is 1.25 bits per heavy atom. The second kappa shape index (κ2) is 5.82. The van der Waals surface area contributed by atoms with E-state index in [1.54, 1.807) is 7.11 Å². The fourth-order valence-electron chi connectivity index (χ4n) is 3.58. The minimum atomic E-state index is 0.322. The SMILES string of the molecule is COc1ccc(N2CCCNC3(CCCC3)C2)cc1Cl. The maximum atomic E-state index is 6.27. The van der Waals surface area contributed by atoms with Crippen LogP contribution in [0.3, 0.4) is 0 Å². The molecule has 110 valence electrons. The minimum absolute atomic E-state index is 0.322. The van der Waals surface area contributed by atoms with E-state index in [0.29, 0.717) is 10.6 Å². The molecule has 1 aliphatic heterocycles. The number of hydrogen-bond acceptors (Lipinski definition) is 3. The summed E-state index contributed by atoms with van der Waals surface area (Å²) in [6.07, 6.45) is 6.49. The Morgan fingerprint density at radius 3 is 2.75 bits per heavy atom. The maximum Gasteiger partial charge on any atom is 0.137 e. The van der Waals surface area contributed by atoms with Gasteiger partial charge in [-0.3, -0.25) is 0 Å². The van der Waals surface area contributed by atoms with Crippen molar-refractivity contribution >= 4 is 17.3 Å². The number of anilines is 1. The maximum absolute atomic E-state index is 6.27. The van der Waals surface area contributed by atoms with Gasteiger partial charge in [-0.05, 0) is 44.0 Å². The lowest BCUT2D eigenvalue weighted by atomic mass is 9.97. The molecular formula is C16H23ClN2O. The third kappa shape index (κ3) is 2.75. The van der Waals surface area contributed by atoms with Crippen molar-refractivity contribution in [2.24, 2.45) is 0 Å². The van der Waals surface area contributed by atoms with Gasteiger partial charge in [0.2, 0.25) is 0 Å². The number of halogens is 1. The highest BCUT2D eigenvalue weighted by Crippen LogP contribution is 2.35. The third-order valence-corrected chi connectivity index (χ3v) is 4.95. The topological polar surface area (TPSA) is 24.5 Å². The second-order valence-corrected chi connectivity index (χ2v) is 6.42. The average Bonchev–Trinajstić information content (AvgIpc) is 2.79. The summed E-state index contributed by atoms with van der Waals surface area (Å²) >= 11 is 6.27. The van der Waals surface area contributed by atoms with E-state index >= 15 is 0 Å². The highest BCUT2D eigenvalue weighted by atomic mass is 35.5. The summed E-state index contributed by atoms with van der Waals surface area (Å²) in [5, 5.41) is 4.49. The van der Waals surface area contributed by atoms with Crippen LogP contribution in [0.15, 0.2) is 18.2 Å². The van der Waals surface area contributed by atoms with Crippen LogP contribution in [0.2, 0.25) is 5.02 Å². The zero-order valence-electron chi connectivity index (χ0n) is 12.1. The van der Waals surface area contributed by atoms with E-state index in [4.69, 9.17) is 16.3 Å². The van der Waals surface area contributed by atoms with Gasteiger partial charge in [0.1, 0.15) is 5.75 Å². The summed E-state index contributed by atoms with van der Waals surface area (Å²) in [4.78, 5) is 2.48. The summed E-state index contributed by atoms with van der Waals surface area (Å²) in [5.74, 6) is 0.749. The second-order valence-electron chi connectivity index (χ2n) is 6.01. The normalized spacial score (nSPS) is 22.0. The van der Waals surface area contributed by atoms with Crippen molar-refractivity contribution in [3.05, 3.63) is 23.2 Å². The Bertz CT molecular complexity index is 472. The highest BCUT2D eigenvalue weighted by molar-refractivity contribution is 6.32. The monoisotopic (exact) mass is 294 g/mol. The highest BCUT2D eigenvalue weighted by Gasteiger charge is 2.36. The van der Waals surface area contributed by atoms with Crippen LogP contribution in [0.5, 0.6) is 5.75 Å². The molecule has 1 aliphatic carbocycles. The molecule has 0 atom stereocenters. The van der Waals surface area contributed by atoms with Gasteiger partial charge >= 0.3 is 0 Å². The number of benzene rings is 1. The molecule has 0 amide bonds. The third-order valence-electron chi connectivity index (χ3n) is 4.66. The Hall–Kier alpha value is -0.930. The Morgan fingerprint density at radius 2 is 2.05 bits per heavy atom. The van der Waals surface area contributed by atoms with E-state index in [9.17, 15) is 0 Å². The van der Waals surface area contributed by atoms with E-state index in [2.05, 4.69) is 16.3 Å². The van der Waals surface area contributed by atoms with Crippen LogP contribution in [0.25, 0.3) is 0 Å². The Kier molecular flexibility index (Phi) is 4.08. The molecule has 1 heterocycles. The molecule has 2 aliphatic rings. The molecule has 3 rings (SSSR count). The van der Waals surface area contributed by atoms with Crippen LogP contribution in [-0.4, -0.2) is 32.3 Å². The number of hydrogen-bond donors (Lipinski definition) is 1. The first-order valence-corrected chi connectivity index (χ1v) is 7.94. The van der Waals surface area contributed by atoms with Crippen molar-refractivity contribution in [3.63, 3.8) is 0 Å². The number of nitrogens with one attached hydrogen (secondary N) is 1. The lowest BCUT2D eigenvalue weighted by Crippen LogP contribution is -2.49. The molecule has 3 nitrogen and oxygen atoms in total. The molecule has 1 N–H and O–H groups in total. The molecule has 4 heteroatoms. The summed E-state index contributed by atoms with van der Waals surface area (Å²) in [5.41, 5.74) is 1.54. The van der Waals surface area contributed by atoms with Gasteiger partial charge in [0.15, 0.2) is 0 Å². The minimum Gasteiger partial charge on any atom is -0.495 e. The molecule has 1 saturated carbocycles. The van der Waals surface area contributed by atoms with Crippen molar-refractivity contribution in [1.29, 1.82) is 0 Å². The van der Waals surface area contributed by atoms with Gasteiger partial charge in [-0.1, -0.05) is 24.4 Å². The predicted molar refractivity (Wildman–Crippen MR) is 84.0 cm³/mol. The van der Waals surface area contributed by atoms with Crippen molar-refractivity contribution in [1.82, 2.24) is 5.32 Å². The first kappa shape index (κ1) is 14.0. The Labute approximate surface area is 126 Å². The number of nitrogens with zero attached hydrogens (tertiary/aromatic N) is 1.